The molecule has 0 aliphatic rings. The number of nitrogens with zero attached hydrogens (tertiary/aromatic N) is 3. The van der Waals surface area contributed by atoms with Gasteiger partial charge in [-0.05, 0) is 0 Å². The predicted octanol–water partition coefficient (Wildman–Crippen LogP) is 1.86. The van der Waals surface area contributed by atoms with Crippen molar-refractivity contribution in [1.29, 1.82) is 5.26 Å². The first-order chi connectivity index (χ1) is 10.2. The quantitative estimate of drug-likeness (QED) is 0.522. The van der Waals surface area contributed by atoms with Crippen LogP contribution < -0.4 is 5.73 Å². The van der Waals surface area contributed by atoms with E-state index >= 15 is 0 Å². The summed E-state index contributed by atoms with van der Waals surface area (Å²) in [6, 6.07) is 11.3. The highest BCUT2D eigenvalue weighted by atomic mass is 32.2. The molecule has 0 amide bonds. The van der Waals surface area contributed by atoms with Gasteiger partial charge in [-0.1, -0.05) is 42.1 Å². The molecule has 0 spiro atoms. The minimum Gasteiger partial charge on any atom is -0.468 e. The molecule has 1 heterocycles. The predicted molar refractivity (Wildman–Crippen MR) is 79.3 cm³/mol. The normalized spacial score (nSPS) is 9.90. The van der Waals surface area contributed by atoms with Gasteiger partial charge in [0.25, 0.3) is 0 Å². The number of thioether (sulfide) groups is 1. The van der Waals surface area contributed by atoms with E-state index in [1.165, 1.54) is 7.11 Å². The second-order valence-electron chi connectivity index (χ2n) is 3.95. The van der Waals surface area contributed by atoms with Crippen LogP contribution in [0.5, 0.6) is 0 Å². The van der Waals surface area contributed by atoms with E-state index in [1.54, 1.807) is 0 Å². The Kier molecular flexibility index (Phi) is 4.74. The zero-order valence-corrected chi connectivity index (χ0v) is 12.1. The van der Waals surface area contributed by atoms with Crippen LogP contribution in [0, 0.1) is 11.3 Å². The van der Waals surface area contributed by atoms with E-state index in [0.717, 1.165) is 17.3 Å². The van der Waals surface area contributed by atoms with E-state index < -0.39 is 5.97 Å². The molecule has 2 N–H and O–H groups in total. The summed E-state index contributed by atoms with van der Waals surface area (Å²) in [4.78, 5) is 19.4. The third-order valence-electron chi connectivity index (χ3n) is 2.61. The molecular formula is C14H12N4O2S. The summed E-state index contributed by atoms with van der Waals surface area (Å²) >= 11 is 1.10. The van der Waals surface area contributed by atoms with E-state index in [2.05, 4.69) is 20.8 Å². The molecule has 2 rings (SSSR count). The molecule has 21 heavy (non-hydrogen) atoms. The Hall–Kier alpha value is -2.59. The van der Waals surface area contributed by atoms with Crippen molar-refractivity contribution in [3.05, 3.63) is 35.9 Å². The Morgan fingerprint density at radius 1 is 1.38 bits per heavy atom. The maximum Gasteiger partial charge on any atom is 0.316 e. The molecule has 0 aliphatic heterocycles. The summed E-state index contributed by atoms with van der Waals surface area (Å²) < 4.78 is 4.57. The number of methoxy groups -OCH3 is 1. The number of esters is 1. The molecule has 0 saturated carbocycles. The fourth-order valence-electron chi connectivity index (χ4n) is 1.65. The summed E-state index contributed by atoms with van der Waals surface area (Å²) in [5.41, 5.74) is 7.22. The van der Waals surface area contributed by atoms with Gasteiger partial charge in [-0.15, -0.1) is 0 Å². The molecule has 7 heteroatoms. The number of hydrogen-bond acceptors (Lipinski definition) is 7. The molecule has 1 aromatic heterocycles. The van der Waals surface area contributed by atoms with Crippen molar-refractivity contribution >= 4 is 23.7 Å². The minimum absolute atomic E-state index is 0.0515. The van der Waals surface area contributed by atoms with Gasteiger partial charge in [0.15, 0.2) is 0 Å². The highest BCUT2D eigenvalue weighted by Gasteiger charge is 2.16. The van der Waals surface area contributed by atoms with Crippen LogP contribution in [0.1, 0.15) is 5.56 Å². The minimum atomic E-state index is -0.401. The molecule has 0 bridgehead atoms. The summed E-state index contributed by atoms with van der Waals surface area (Å²) in [7, 11) is 1.30. The monoisotopic (exact) mass is 300 g/mol. The lowest BCUT2D eigenvalue weighted by atomic mass is 10.1. The number of anilines is 1. The second-order valence-corrected chi connectivity index (χ2v) is 4.92. The highest BCUT2D eigenvalue weighted by molar-refractivity contribution is 7.99. The maximum atomic E-state index is 11.2. The van der Waals surface area contributed by atoms with Crippen LogP contribution in [0.2, 0.25) is 0 Å². The summed E-state index contributed by atoms with van der Waals surface area (Å²) in [6.45, 7) is 0. The number of carbonyl (C=O) groups is 1. The Morgan fingerprint density at radius 3 is 2.71 bits per heavy atom. The zero-order chi connectivity index (χ0) is 15.2. The van der Waals surface area contributed by atoms with E-state index in [0.29, 0.717) is 16.3 Å². The van der Waals surface area contributed by atoms with Crippen molar-refractivity contribution in [3.8, 4) is 17.3 Å². The average molecular weight is 300 g/mol. The smallest absolute Gasteiger partial charge is 0.316 e. The van der Waals surface area contributed by atoms with Gasteiger partial charge in [0.05, 0.1) is 18.6 Å². The van der Waals surface area contributed by atoms with Gasteiger partial charge in [-0.25, -0.2) is 9.97 Å². The average Bonchev–Trinajstić information content (AvgIpc) is 2.52. The maximum absolute atomic E-state index is 11.2. The van der Waals surface area contributed by atoms with Gasteiger partial charge in [-0.3, -0.25) is 4.79 Å². The van der Waals surface area contributed by atoms with E-state index in [4.69, 9.17) is 5.73 Å². The van der Waals surface area contributed by atoms with Crippen LogP contribution in [0.3, 0.4) is 0 Å². The van der Waals surface area contributed by atoms with Crippen molar-refractivity contribution in [2.75, 3.05) is 18.6 Å². The van der Waals surface area contributed by atoms with Gasteiger partial charge < -0.3 is 10.5 Å². The van der Waals surface area contributed by atoms with Crippen LogP contribution in [0.25, 0.3) is 11.3 Å². The van der Waals surface area contributed by atoms with Gasteiger partial charge in [-0.2, -0.15) is 5.26 Å². The van der Waals surface area contributed by atoms with Crippen molar-refractivity contribution in [2.45, 2.75) is 5.03 Å². The van der Waals surface area contributed by atoms with E-state index in [1.807, 2.05) is 30.3 Å². The number of nitrogens with two attached hydrogens (primary N) is 1. The topological polar surface area (TPSA) is 102 Å². The van der Waals surface area contributed by atoms with Gasteiger partial charge in [0.2, 0.25) is 5.95 Å². The lowest BCUT2D eigenvalue weighted by molar-refractivity contribution is -0.137. The number of nitrogen functional groups attached to an aromatic ring is 1. The number of nitriles is 1. The van der Waals surface area contributed by atoms with E-state index in [-0.39, 0.29) is 11.7 Å². The van der Waals surface area contributed by atoms with Crippen LogP contribution in [-0.2, 0) is 9.53 Å². The molecule has 0 aliphatic carbocycles. The summed E-state index contributed by atoms with van der Waals surface area (Å²) in [5.74, 6) is -0.293. The largest absolute Gasteiger partial charge is 0.468 e. The van der Waals surface area contributed by atoms with Crippen molar-refractivity contribution in [1.82, 2.24) is 9.97 Å². The molecular weight excluding hydrogens is 288 g/mol. The lowest BCUT2D eigenvalue weighted by Crippen LogP contribution is -2.06. The van der Waals surface area contributed by atoms with Gasteiger partial charge in [0.1, 0.15) is 16.7 Å². The second kappa shape index (κ2) is 6.72. The number of carbonyl (C=O) groups excluding carboxylic acids is 1. The first kappa shape index (κ1) is 14.8. The molecule has 1 aromatic carbocycles. The van der Waals surface area contributed by atoms with Gasteiger partial charge in [0, 0.05) is 5.56 Å². The number of hydrogen-bond donors (Lipinski definition) is 1. The first-order valence-corrected chi connectivity index (χ1v) is 6.97. The Labute approximate surface area is 126 Å². The molecule has 106 valence electrons. The number of benzene rings is 1. The first-order valence-electron chi connectivity index (χ1n) is 5.98. The number of rotatable bonds is 4. The van der Waals surface area contributed by atoms with Crippen molar-refractivity contribution in [2.24, 2.45) is 0 Å². The number of aromatic nitrogens is 2. The van der Waals surface area contributed by atoms with Crippen LogP contribution in [0.15, 0.2) is 35.4 Å². The SMILES string of the molecule is COC(=O)CSc1nc(N)nc(-c2ccccc2)c1C#N. The number of ether oxygens (including phenoxy) is 1. The van der Waals surface area contributed by atoms with Crippen LogP contribution >= 0.6 is 11.8 Å². The van der Waals surface area contributed by atoms with Crippen LogP contribution in [0.4, 0.5) is 5.95 Å². The molecule has 0 unspecified atom stereocenters. The summed E-state index contributed by atoms with van der Waals surface area (Å²) in [6.07, 6.45) is 0. The molecule has 2 aromatic rings. The molecule has 0 fully saturated rings. The van der Waals surface area contributed by atoms with Crippen LogP contribution in [-0.4, -0.2) is 28.8 Å². The molecule has 0 atom stereocenters. The molecule has 0 radical (unpaired) electrons. The fourth-order valence-corrected chi connectivity index (χ4v) is 2.47. The van der Waals surface area contributed by atoms with Crippen molar-refractivity contribution in [3.63, 3.8) is 0 Å². The standard InChI is InChI=1S/C14H12N4O2S/c1-20-11(19)8-21-13-10(7-15)12(17-14(16)18-13)9-5-3-2-4-6-9/h2-6H,8H2,1H3,(H2,16,17,18). The lowest BCUT2D eigenvalue weighted by Gasteiger charge is -2.08. The zero-order valence-electron chi connectivity index (χ0n) is 11.2. The third-order valence-corrected chi connectivity index (χ3v) is 3.56. The van der Waals surface area contributed by atoms with E-state index in [9.17, 15) is 10.1 Å². The fraction of sp³-hybridized carbons (Fsp3) is 0.143. The molecule has 0 saturated heterocycles. The molecule has 6 nitrogen and oxygen atoms in total. The third kappa shape index (κ3) is 3.49. The summed E-state index contributed by atoms with van der Waals surface area (Å²) in [5, 5.41) is 9.74. The van der Waals surface area contributed by atoms with Crippen molar-refractivity contribution < 1.29 is 9.53 Å². The Balaban J connectivity index is 2.45. The Morgan fingerprint density at radius 2 is 2.10 bits per heavy atom. The Bertz CT molecular complexity index is 698. The highest BCUT2D eigenvalue weighted by Crippen LogP contribution is 2.29. The van der Waals surface area contributed by atoms with Gasteiger partial charge >= 0.3 is 5.97 Å².